The number of rotatable bonds is 10. The first-order valence-electron chi connectivity index (χ1n) is 7.78. The quantitative estimate of drug-likeness (QED) is 0.614. The van der Waals surface area contributed by atoms with Gasteiger partial charge in [0.2, 0.25) is 0 Å². The third-order valence-electron chi connectivity index (χ3n) is 3.73. The Labute approximate surface area is 122 Å². The first kappa shape index (κ1) is 17.0. The predicted molar refractivity (Wildman–Crippen MR) is 82.5 cm³/mol. The van der Waals surface area contributed by atoms with Crippen LogP contribution in [0.4, 0.5) is 4.39 Å². The Balaban J connectivity index is 2.27. The lowest BCUT2D eigenvalue weighted by Gasteiger charge is -2.13. The molecule has 1 atom stereocenters. The molecule has 0 aromatic heterocycles. The van der Waals surface area contributed by atoms with E-state index in [9.17, 15) is 4.39 Å². The van der Waals surface area contributed by atoms with E-state index in [-0.39, 0.29) is 11.9 Å². The van der Waals surface area contributed by atoms with Gasteiger partial charge in [-0.25, -0.2) is 4.39 Å². The van der Waals surface area contributed by atoms with Crippen LogP contribution in [0.3, 0.4) is 0 Å². The molecule has 0 fully saturated rings. The molecule has 2 N–H and O–H groups in total. The summed E-state index contributed by atoms with van der Waals surface area (Å²) < 4.78 is 18.8. The van der Waals surface area contributed by atoms with Crippen molar-refractivity contribution in [2.24, 2.45) is 5.73 Å². The van der Waals surface area contributed by atoms with Crippen molar-refractivity contribution in [2.75, 3.05) is 7.11 Å². The van der Waals surface area contributed by atoms with E-state index in [4.69, 9.17) is 10.5 Å². The lowest BCUT2D eigenvalue weighted by Crippen LogP contribution is -2.12. The smallest absolute Gasteiger partial charge is 0.131 e. The van der Waals surface area contributed by atoms with Crippen LogP contribution in [0, 0.1) is 5.82 Å². The lowest BCUT2D eigenvalue weighted by atomic mass is 9.99. The fraction of sp³-hybridized carbons (Fsp3) is 0.647. The summed E-state index contributed by atoms with van der Waals surface area (Å²) in [5.74, 6) is 0.272. The molecule has 0 aliphatic carbocycles. The van der Waals surface area contributed by atoms with Gasteiger partial charge in [-0.1, -0.05) is 57.9 Å². The van der Waals surface area contributed by atoms with Gasteiger partial charge in [0.1, 0.15) is 11.6 Å². The van der Waals surface area contributed by atoms with Crippen LogP contribution >= 0.6 is 0 Å². The fourth-order valence-corrected chi connectivity index (χ4v) is 2.41. The van der Waals surface area contributed by atoms with Crippen LogP contribution < -0.4 is 10.5 Å². The summed E-state index contributed by atoms with van der Waals surface area (Å²) in [5.41, 5.74) is 6.66. The topological polar surface area (TPSA) is 35.2 Å². The maximum absolute atomic E-state index is 13.8. The SMILES string of the molecule is CCCCCCCCCC(N)c1ccc(OC)cc1F. The Morgan fingerprint density at radius 1 is 1.10 bits per heavy atom. The van der Waals surface area contributed by atoms with Crippen LogP contribution in [-0.2, 0) is 0 Å². The average molecular weight is 281 g/mol. The van der Waals surface area contributed by atoms with Gasteiger partial charge in [-0.05, 0) is 12.5 Å². The zero-order valence-electron chi connectivity index (χ0n) is 12.8. The second kappa shape index (κ2) is 9.76. The molecular weight excluding hydrogens is 253 g/mol. The largest absolute Gasteiger partial charge is 0.497 e. The summed E-state index contributed by atoms with van der Waals surface area (Å²) in [6, 6.07) is 4.69. The number of unbranched alkanes of at least 4 members (excludes halogenated alkanes) is 6. The normalized spacial score (nSPS) is 12.4. The van der Waals surface area contributed by atoms with Crippen molar-refractivity contribution in [3.05, 3.63) is 29.6 Å². The lowest BCUT2D eigenvalue weighted by molar-refractivity contribution is 0.409. The summed E-state index contributed by atoms with van der Waals surface area (Å²) in [7, 11) is 1.53. The van der Waals surface area contributed by atoms with Crippen molar-refractivity contribution in [3.8, 4) is 5.75 Å². The summed E-state index contributed by atoms with van der Waals surface area (Å²) in [6.45, 7) is 2.22. The Morgan fingerprint density at radius 3 is 2.35 bits per heavy atom. The summed E-state index contributed by atoms with van der Waals surface area (Å²) in [4.78, 5) is 0. The van der Waals surface area contributed by atoms with Crippen molar-refractivity contribution in [3.63, 3.8) is 0 Å². The molecule has 0 spiro atoms. The number of hydrogen-bond donors (Lipinski definition) is 1. The standard InChI is InChI=1S/C17H28FNO/c1-3-4-5-6-7-8-9-10-17(19)15-12-11-14(20-2)13-16(15)18/h11-13,17H,3-10,19H2,1-2H3. The number of benzene rings is 1. The second-order valence-corrected chi connectivity index (χ2v) is 5.40. The number of ether oxygens (including phenoxy) is 1. The number of methoxy groups -OCH3 is 1. The summed E-state index contributed by atoms with van der Waals surface area (Å²) >= 11 is 0. The molecule has 0 bridgehead atoms. The van der Waals surface area contributed by atoms with E-state index < -0.39 is 0 Å². The first-order chi connectivity index (χ1) is 9.69. The highest BCUT2D eigenvalue weighted by molar-refractivity contribution is 5.30. The van der Waals surface area contributed by atoms with Crippen LogP contribution in [0.2, 0.25) is 0 Å². The molecule has 1 unspecified atom stereocenters. The van der Waals surface area contributed by atoms with E-state index in [0.717, 1.165) is 12.8 Å². The van der Waals surface area contributed by atoms with Crippen molar-refractivity contribution in [1.82, 2.24) is 0 Å². The first-order valence-corrected chi connectivity index (χ1v) is 7.78. The van der Waals surface area contributed by atoms with E-state index in [1.807, 2.05) is 0 Å². The van der Waals surface area contributed by atoms with Gasteiger partial charge < -0.3 is 10.5 Å². The number of halogens is 1. The average Bonchev–Trinajstić information content (AvgIpc) is 2.45. The zero-order valence-corrected chi connectivity index (χ0v) is 12.8. The Morgan fingerprint density at radius 2 is 1.75 bits per heavy atom. The third kappa shape index (κ3) is 5.91. The van der Waals surface area contributed by atoms with Gasteiger partial charge in [0.05, 0.1) is 7.11 Å². The molecular formula is C17H28FNO. The number of hydrogen-bond acceptors (Lipinski definition) is 2. The van der Waals surface area contributed by atoms with Gasteiger partial charge in [0, 0.05) is 17.7 Å². The molecule has 0 saturated heterocycles. The molecule has 0 aliphatic rings. The van der Waals surface area contributed by atoms with Gasteiger partial charge in [-0.2, -0.15) is 0 Å². The monoisotopic (exact) mass is 281 g/mol. The zero-order chi connectivity index (χ0) is 14.8. The minimum Gasteiger partial charge on any atom is -0.497 e. The van der Waals surface area contributed by atoms with Crippen LogP contribution in [0.15, 0.2) is 18.2 Å². The molecule has 1 aromatic rings. The van der Waals surface area contributed by atoms with E-state index in [1.165, 1.54) is 51.7 Å². The second-order valence-electron chi connectivity index (χ2n) is 5.40. The van der Waals surface area contributed by atoms with E-state index in [2.05, 4.69) is 6.92 Å². The summed E-state index contributed by atoms with van der Waals surface area (Å²) in [6.07, 6.45) is 9.61. The Kier molecular flexibility index (Phi) is 8.28. The maximum atomic E-state index is 13.8. The predicted octanol–water partition coefficient (Wildman–Crippen LogP) is 4.97. The fourth-order valence-electron chi connectivity index (χ4n) is 2.41. The van der Waals surface area contributed by atoms with Gasteiger partial charge in [-0.15, -0.1) is 0 Å². The maximum Gasteiger partial charge on any atom is 0.131 e. The molecule has 1 aromatic carbocycles. The molecule has 1 rings (SSSR count). The molecule has 0 heterocycles. The number of nitrogens with two attached hydrogens (primary N) is 1. The molecule has 3 heteroatoms. The minimum atomic E-state index is -0.264. The van der Waals surface area contributed by atoms with Gasteiger partial charge in [-0.3, -0.25) is 0 Å². The third-order valence-corrected chi connectivity index (χ3v) is 3.73. The van der Waals surface area contributed by atoms with Crippen LogP contribution in [0.25, 0.3) is 0 Å². The molecule has 0 saturated carbocycles. The van der Waals surface area contributed by atoms with Crippen LogP contribution in [0.1, 0.15) is 69.9 Å². The van der Waals surface area contributed by atoms with Crippen molar-refractivity contribution in [1.29, 1.82) is 0 Å². The summed E-state index contributed by atoms with van der Waals surface area (Å²) in [5, 5.41) is 0. The van der Waals surface area contributed by atoms with E-state index >= 15 is 0 Å². The molecule has 20 heavy (non-hydrogen) atoms. The van der Waals surface area contributed by atoms with E-state index in [1.54, 1.807) is 12.1 Å². The van der Waals surface area contributed by atoms with Gasteiger partial charge >= 0.3 is 0 Å². The van der Waals surface area contributed by atoms with Crippen LogP contribution in [0.5, 0.6) is 5.75 Å². The van der Waals surface area contributed by atoms with Crippen LogP contribution in [-0.4, -0.2) is 7.11 Å². The van der Waals surface area contributed by atoms with Crippen molar-refractivity contribution < 1.29 is 9.13 Å². The molecule has 2 nitrogen and oxygen atoms in total. The molecule has 0 aliphatic heterocycles. The highest BCUT2D eigenvalue weighted by Gasteiger charge is 2.11. The van der Waals surface area contributed by atoms with Crippen molar-refractivity contribution in [2.45, 2.75) is 64.3 Å². The van der Waals surface area contributed by atoms with Gasteiger partial charge in [0.15, 0.2) is 0 Å². The van der Waals surface area contributed by atoms with E-state index in [0.29, 0.717) is 11.3 Å². The molecule has 0 amide bonds. The molecule has 114 valence electrons. The highest BCUT2D eigenvalue weighted by Crippen LogP contribution is 2.24. The molecule has 0 radical (unpaired) electrons. The Hall–Kier alpha value is -1.09. The highest BCUT2D eigenvalue weighted by atomic mass is 19.1. The Bertz CT molecular complexity index is 381. The van der Waals surface area contributed by atoms with Gasteiger partial charge in [0.25, 0.3) is 0 Å². The minimum absolute atomic E-state index is 0.212. The van der Waals surface area contributed by atoms with Crippen molar-refractivity contribution >= 4 is 0 Å².